The Kier molecular flexibility index (Phi) is 8.04. The summed E-state index contributed by atoms with van der Waals surface area (Å²) in [5.74, 6) is 0.831. The van der Waals surface area contributed by atoms with E-state index in [-0.39, 0.29) is 0 Å². The Morgan fingerprint density at radius 1 is 0.561 bits per heavy atom. The second kappa shape index (κ2) is 11.4. The van der Waals surface area contributed by atoms with E-state index >= 15 is 0 Å². The second-order valence-electron chi connectivity index (χ2n) is 9.54. The molecule has 0 spiro atoms. The van der Waals surface area contributed by atoms with Gasteiger partial charge in [-0.2, -0.15) is 0 Å². The number of anilines is 3. The number of para-hydroxylation sites is 4. The van der Waals surface area contributed by atoms with Gasteiger partial charge in [0.25, 0.3) is 0 Å². The van der Waals surface area contributed by atoms with E-state index in [1.54, 1.807) is 18.2 Å². The molecule has 0 radical (unpaired) electrons. The zero-order valence-electron chi connectivity index (χ0n) is 21.2. The summed E-state index contributed by atoms with van der Waals surface area (Å²) in [5.41, 5.74) is 5.18. The van der Waals surface area contributed by atoms with Gasteiger partial charge in [0, 0.05) is 36.6 Å². The number of halogens is 7. The summed E-state index contributed by atoms with van der Waals surface area (Å²) in [7, 11) is 0. The minimum Gasteiger partial charge on any atom is -0.453 e. The molecule has 206 valence electrons. The molecule has 1 heterocycles. The molecule has 0 saturated heterocycles. The van der Waals surface area contributed by atoms with Crippen LogP contribution >= 0.6 is 81.2 Å². The van der Waals surface area contributed by atoms with Crippen LogP contribution in [0.5, 0.6) is 11.5 Å². The smallest absolute Gasteiger partial charge is 0.151 e. The molecule has 1 atom stereocenters. The van der Waals surface area contributed by atoms with Crippen LogP contribution in [0, 0.1) is 6.92 Å². The van der Waals surface area contributed by atoms with Gasteiger partial charge in [0.1, 0.15) is 0 Å². The van der Waals surface area contributed by atoms with Crippen molar-refractivity contribution in [2.75, 3.05) is 4.90 Å². The summed E-state index contributed by atoms with van der Waals surface area (Å²) in [4.78, 5) is 2.00. The van der Waals surface area contributed by atoms with Gasteiger partial charge in [-0.05, 0) is 84.3 Å². The van der Waals surface area contributed by atoms with Crippen molar-refractivity contribution in [3.05, 3.63) is 142 Å². The summed E-state index contributed by atoms with van der Waals surface area (Å²) >= 11 is 47.2. The van der Waals surface area contributed by atoms with Crippen molar-refractivity contribution in [3.8, 4) is 11.5 Å². The van der Waals surface area contributed by atoms with Crippen LogP contribution < -0.4 is 9.64 Å². The van der Waals surface area contributed by atoms with E-state index in [2.05, 4.69) is 0 Å². The molecule has 2 nitrogen and oxygen atoms in total. The van der Waals surface area contributed by atoms with Crippen LogP contribution in [0.1, 0.15) is 28.2 Å². The fraction of sp³-hybridized carbons (Fsp3) is 0.0625. The summed E-state index contributed by atoms with van der Waals surface area (Å²) in [5, 5.41) is 2.96. The third kappa shape index (κ3) is 5.26. The second-order valence-corrected chi connectivity index (χ2v) is 12.4. The molecule has 0 bridgehead atoms. The lowest BCUT2D eigenvalue weighted by molar-refractivity contribution is 0.477. The molecule has 0 aliphatic carbocycles. The lowest BCUT2D eigenvalue weighted by atomic mass is 9.82. The maximum Gasteiger partial charge on any atom is 0.151 e. The zero-order valence-corrected chi connectivity index (χ0v) is 26.5. The number of benzene rings is 5. The van der Waals surface area contributed by atoms with Gasteiger partial charge < -0.3 is 9.64 Å². The Morgan fingerprint density at radius 2 is 1.02 bits per heavy atom. The van der Waals surface area contributed by atoms with E-state index < -0.39 is 5.92 Å². The van der Waals surface area contributed by atoms with Crippen LogP contribution in [-0.2, 0) is 0 Å². The molecule has 0 N–H and O–H groups in total. The molecule has 41 heavy (non-hydrogen) atoms. The SMILES string of the molecule is Cc1cc(Cl)cc(Cl)c1C(c1cc(Cl)c(N2c3ccccc3Oc3ccccc32)c(Cl)c1)c1c(Cl)cc(Cl)cc1Cl. The largest absolute Gasteiger partial charge is 0.453 e. The van der Waals surface area contributed by atoms with E-state index in [4.69, 9.17) is 85.9 Å². The Morgan fingerprint density at radius 3 is 1.54 bits per heavy atom. The average molecular weight is 681 g/mol. The molecule has 0 saturated carbocycles. The van der Waals surface area contributed by atoms with Gasteiger partial charge in [-0.3, -0.25) is 0 Å². The minimum absolute atomic E-state index is 0.380. The number of rotatable bonds is 4. The van der Waals surface area contributed by atoms with Crippen LogP contribution in [0.4, 0.5) is 17.1 Å². The molecular weight excluding hydrogens is 663 g/mol. The highest BCUT2D eigenvalue weighted by atomic mass is 35.5. The predicted molar refractivity (Wildman–Crippen MR) is 175 cm³/mol. The van der Waals surface area contributed by atoms with Gasteiger partial charge >= 0.3 is 0 Å². The van der Waals surface area contributed by atoms with Crippen LogP contribution in [0.3, 0.4) is 0 Å². The van der Waals surface area contributed by atoms with Crippen molar-refractivity contribution in [1.29, 1.82) is 0 Å². The third-order valence-electron chi connectivity index (χ3n) is 6.95. The molecule has 0 amide bonds. The predicted octanol–water partition coefficient (Wildman–Crippen LogP) is 13.3. The standard InChI is InChI=1S/C32H18Cl7NO/c1-16-10-18(33)13-20(35)29(16)30(31-21(36)14-19(34)15-22(31)37)17-11-23(38)32(24(39)12-17)40-25-6-2-4-8-27(25)41-28-9-5-3-7-26(28)40/h2-15,30H,1H3. The van der Waals surface area contributed by atoms with Gasteiger partial charge in [-0.1, -0.05) is 105 Å². The van der Waals surface area contributed by atoms with Crippen LogP contribution in [0.25, 0.3) is 0 Å². The maximum atomic E-state index is 7.12. The molecule has 6 rings (SSSR count). The number of aryl methyl sites for hydroxylation is 1. The first-order valence-corrected chi connectivity index (χ1v) is 15.0. The average Bonchev–Trinajstić information content (AvgIpc) is 2.90. The van der Waals surface area contributed by atoms with Crippen molar-refractivity contribution in [2.45, 2.75) is 12.8 Å². The van der Waals surface area contributed by atoms with E-state index in [0.717, 1.165) is 28.1 Å². The first-order valence-electron chi connectivity index (χ1n) is 12.4. The quantitative estimate of drug-likeness (QED) is 0.172. The molecule has 5 aromatic carbocycles. The Hall–Kier alpha value is -2.27. The molecule has 0 fully saturated rings. The molecular formula is C32H18Cl7NO. The first kappa shape index (κ1) is 28.8. The lowest BCUT2D eigenvalue weighted by Gasteiger charge is -2.34. The minimum atomic E-state index is -0.537. The molecule has 9 heteroatoms. The molecule has 1 aliphatic heterocycles. The number of nitrogens with zero attached hydrogens (tertiary/aromatic N) is 1. The van der Waals surface area contributed by atoms with Crippen molar-refractivity contribution >= 4 is 98.3 Å². The summed E-state index contributed by atoms with van der Waals surface area (Å²) < 4.78 is 6.17. The lowest BCUT2D eigenvalue weighted by Crippen LogP contribution is -2.17. The highest BCUT2D eigenvalue weighted by Crippen LogP contribution is 2.55. The summed E-state index contributed by atoms with van der Waals surface area (Å²) in [6.45, 7) is 1.93. The first-order chi connectivity index (χ1) is 19.6. The van der Waals surface area contributed by atoms with E-state index in [0.29, 0.717) is 57.9 Å². The number of hydrogen-bond donors (Lipinski definition) is 0. The van der Waals surface area contributed by atoms with E-state index in [1.165, 1.54) is 0 Å². The molecule has 0 aromatic heterocycles. The fourth-order valence-electron chi connectivity index (χ4n) is 5.30. The fourth-order valence-corrected chi connectivity index (χ4v) is 7.71. The molecule has 1 aliphatic rings. The zero-order chi connectivity index (χ0) is 29.0. The molecule has 5 aromatic rings. The highest BCUT2D eigenvalue weighted by Gasteiger charge is 2.32. The Labute approximate surface area is 272 Å². The van der Waals surface area contributed by atoms with Crippen molar-refractivity contribution in [3.63, 3.8) is 0 Å². The number of fused-ring (bicyclic) bond motifs is 2. The Balaban J connectivity index is 1.60. The van der Waals surface area contributed by atoms with Gasteiger partial charge in [-0.15, -0.1) is 0 Å². The van der Waals surface area contributed by atoms with E-state index in [9.17, 15) is 0 Å². The van der Waals surface area contributed by atoms with Crippen LogP contribution in [-0.4, -0.2) is 0 Å². The van der Waals surface area contributed by atoms with Gasteiger partial charge in [0.15, 0.2) is 11.5 Å². The van der Waals surface area contributed by atoms with Gasteiger partial charge in [-0.25, -0.2) is 0 Å². The normalized spacial score (nSPS) is 12.9. The third-order valence-corrected chi connectivity index (χ3v) is 8.90. The van der Waals surface area contributed by atoms with Gasteiger partial charge in [0.2, 0.25) is 0 Å². The topological polar surface area (TPSA) is 12.5 Å². The van der Waals surface area contributed by atoms with Crippen LogP contribution in [0.15, 0.2) is 84.9 Å². The molecule has 1 unspecified atom stereocenters. The summed E-state index contributed by atoms with van der Waals surface area (Å²) in [6.07, 6.45) is 0. The Bertz CT molecular complexity index is 1670. The number of hydrogen-bond acceptors (Lipinski definition) is 2. The summed E-state index contributed by atoms with van der Waals surface area (Å²) in [6, 6.07) is 26.0. The maximum absolute atomic E-state index is 7.12. The van der Waals surface area contributed by atoms with Crippen molar-refractivity contribution in [2.24, 2.45) is 0 Å². The van der Waals surface area contributed by atoms with Gasteiger partial charge in [0.05, 0.1) is 27.1 Å². The van der Waals surface area contributed by atoms with Crippen LogP contribution in [0.2, 0.25) is 35.2 Å². The van der Waals surface area contributed by atoms with E-state index in [1.807, 2.05) is 78.6 Å². The van der Waals surface area contributed by atoms with Crippen molar-refractivity contribution in [1.82, 2.24) is 0 Å². The number of ether oxygens (including phenoxy) is 1. The van der Waals surface area contributed by atoms with Crippen molar-refractivity contribution < 1.29 is 4.74 Å². The highest BCUT2D eigenvalue weighted by molar-refractivity contribution is 6.41. The monoisotopic (exact) mass is 677 g/mol.